The highest BCUT2D eigenvalue weighted by molar-refractivity contribution is 7.80. The SMILES string of the molecule is COCCN1C(=S)NC2c3cc(Cl)ccc3OC1(C)C2C(=O)Nc1ccc(Cl)cc1. The molecule has 1 saturated heterocycles. The Morgan fingerprint density at radius 2 is 1.97 bits per heavy atom. The van der Waals surface area contributed by atoms with Crippen LogP contribution in [0.5, 0.6) is 5.75 Å². The summed E-state index contributed by atoms with van der Waals surface area (Å²) in [6.07, 6.45) is 0. The molecule has 2 N–H and O–H groups in total. The van der Waals surface area contributed by atoms with Gasteiger partial charge in [-0.15, -0.1) is 0 Å². The molecule has 1 fully saturated rings. The maximum Gasteiger partial charge on any atom is 0.236 e. The molecule has 2 aliphatic heterocycles. The van der Waals surface area contributed by atoms with Crippen LogP contribution in [0.4, 0.5) is 5.69 Å². The largest absolute Gasteiger partial charge is 0.467 e. The summed E-state index contributed by atoms with van der Waals surface area (Å²) in [4.78, 5) is 15.4. The topological polar surface area (TPSA) is 62.8 Å². The Balaban J connectivity index is 1.75. The van der Waals surface area contributed by atoms with Crippen molar-refractivity contribution in [2.45, 2.75) is 18.7 Å². The van der Waals surface area contributed by atoms with Gasteiger partial charge in [-0.05, 0) is 61.6 Å². The molecule has 0 saturated carbocycles. The lowest BCUT2D eigenvalue weighted by Gasteiger charge is -2.56. The van der Waals surface area contributed by atoms with E-state index in [1.165, 1.54) is 0 Å². The Kier molecular flexibility index (Phi) is 5.81. The first-order valence-corrected chi connectivity index (χ1v) is 10.6. The van der Waals surface area contributed by atoms with Gasteiger partial charge in [0.2, 0.25) is 5.91 Å². The molecular formula is C21H21Cl2N3O3S. The molecule has 158 valence electrons. The second-order valence-electron chi connectivity index (χ2n) is 7.38. The van der Waals surface area contributed by atoms with Crippen molar-refractivity contribution in [2.24, 2.45) is 5.92 Å². The van der Waals surface area contributed by atoms with Gasteiger partial charge >= 0.3 is 0 Å². The minimum absolute atomic E-state index is 0.201. The number of fused-ring (bicyclic) bond motifs is 4. The number of rotatable bonds is 5. The summed E-state index contributed by atoms with van der Waals surface area (Å²) in [5.41, 5.74) is 0.432. The van der Waals surface area contributed by atoms with Gasteiger partial charge in [0.05, 0.1) is 12.6 Å². The van der Waals surface area contributed by atoms with Gasteiger partial charge in [0.15, 0.2) is 10.8 Å². The molecule has 0 spiro atoms. The van der Waals surface area contributed by atoms with Gasteiger partial charge in [-0.2, -0.15) is 0 Å². The summed E-state index contributed by atoms with van der Waals surface area (Å²) in [5, 5.41) is 7.96. The summed E-state index contributed by atoms with van der Waals surface area (Å²) < 4.78 is 11.7. The second-order valence-corrected chi connectivity index (χ2v) is 8.64. The number of amides is 1. The lowest BCUT2D eigenvalue weighted by molar-refractivity contribution is -0.150. The van der Waals surface area contributed by atoms with Crippen molar-refractivity contribution < 1.29 is 14.3 Å². The number of nitrogens with one attached hydrogen (secondary N) is 2. The summed E-state index contributed by atoms with van der Waals surface area (Å²) in [6.45, 7) is 2.79. The number of anilines is 1. The fourth-order valence-electron chi connectivity index (χ4n) is 4.08. The van der Waals surface area contributed by atoms with E-state index in [0.29, 0.717) is 39.7 Å². The number of carbonyl (C=O) groups excluding carboxylic acids is 1. The molecule has 2 bridgehead atoms. The number of methoxy groups -OCH3 is 1. The van der Waals surface area contributed by atoms with Crippen molar-refractivity contribution in [2.75, 3.05) is 25.6 Å². The van der Waals surface area contributed by atoms with E-state index in [1.807, 2.05) is 24.0 Å². The number of carbonyl (C=O) groups is 1. The Hall–Kier alpha value is -2.06. The van der Waals surface area contributed by atoms with Gasteiger partial charge in [-0.25, -0.2) is 0 Å². The van der Waals surface area contributed by atoms with E-state index in [4.69, 9.17) is 44.9 Å². The lowest BCUT2D eigenvalue weighted by Crippen LogP contribution is -2.72. The number of hydrogen-bond donors (Lipinski definition) is 2. The third-order valence-corrected chi connectivity index (χ3v) is 6.33. The average molecular weight is 466 g/mol. The standard InChI is InChI=1S/C21H21Cl2N3O3S/c1-21-17(19(27)24-14-6-3-12(22)4-7-14)18(25-20(30)26(21)9-10-28-2)15-11-13(23)5-8-16(15)29-21/h3-8,11,17-18H,9-10H2,1-2H3,(H,24,27)(H,25,30). The van der Waals surface area contributed by atoms with Crippen LogP contribution >= 0.6 is 35.4 Å². The van der Waals surface area contributed by atoms with Crippen LogP contribution in [0.1, 0.15) is 18.5 Å². The number of nitrogens with zero attached hydrogens (tertiary/aromatic N) is 1. The van der Waals surface area contributed by atoms with Crippen molar-refractivity contribution in [3.8, 4) is 5.75 Å². The third-order valence-electron chi connectivity index (χ3n) is 5.51. The molecule has 2 aliphatic rings. The van der Waals surface area contributed by atoms with Crippen LogP contribution in [0.25, 0.3) is 0 Å². The summed E-state index contributed by atoms with van der Waals surface area (Å²) in [5.74, 6) is -0.143. The molecule has 1 amide bonds. The molecule has 4 rings (SSSR count). The Bertz CT molecular complexity index is 988. The minimum Gasteiger partial charge on any atom is -0.467 e. The molecule has 3 atom stereocenters. The first-order chi connectivity index (χ1) is 14.3. The highest BCUT2D eigenvalue weighted by Crippen LogP contribution is 2.49. The maximum atomic E-state index is 13.5. The molecule has 0 radical (unpaired) electrons. The average Bonchev–Trinajstić information content (AvgIpc) is 2.70. The minimum atomic E-state index is -1.01. The summed E-state index contributed by atoms with van der Waals surface area (Å²) in [6, 6.07) is 12.0. The monoisotopic (exact) mass is 465 g/mol. The molecule has 6 nitrogen and oxygen atoms in total. The van der Waals surface area contributed by atoms with Gasteiger partial charge in [0.25, 0.3) is 0 Å². The predicted molar refractivity (Wildman–Crippen MR) is 121 cm³/mol. The molecule has 0 aliphatic carbocycles. The number of thiocarbonyl (C=S) groups is 1. The molecule has 2 aromatic rings. The van der Waals surface area contributed by atoms with Crippen molar-refractivity contribution in [3.63, 3.8) is 0 Å². The summed E-state index contributed by atoms with van der Waals surface area (Å²) in [7, 11) is 1.62. The van der Waals surface area contributed by atoms with Crippen LogP contribution in [-0.4, -0.2) is 41.9 Å². The second kappa shape index (κ2) is 8.23. The van der Waals surface area contributed by atoms with Gasteiger partial charge in [0, 0.05) is 35.0 Å². The van der Waals surface area contributed by atoms with Crippen molar-refractivity contribution in [3.05, 3.63) is 58.1 Å². The quantitative estimate of drug-likeness (QED) is 0.644. The number of ether oxygens (including phenoxy) is 2. The van der Waals surface area contributed by atoms with Crippen LogP contribution in [-0.2, 0) is 9.53 Å². The van der Waals surface area contributed by atoms with Crippen LogP contribution in [0.3, 0.4) is 0 Å². The highest BCUT2D eigenvalue weighted by Gasteiger charge is 2.58. The first kappa shape index (κ1) is 21.2. The molecule has 30 heavy (non-hydrogen) atoms. The Morgan fingerprint density at radius 3 is 2.67 bits per heavy atom. The van der Waals surface area contributed by atoms with E-state index < -0.39 is 17.7 Å². The van der Waals surface area contributed by atoms with E-state index in [2.05, 4.69) is 10.6 Å². The van der Waals surface area contributed by atoms with Crippen molar-refractivity contribution in [1.29, 1.82) is 0 Å². The van der Waals surface area contributed by atoms with Crippen molar-refractivity contribution >= 4 is 52.1 Å². The molecule has 9 heteroatoms. The third kappa shape index (κ3) is 3.71. The van der Waals surface area contributed by atoms with Crippen LogP contribution in [0, 0.1) is 5.92 Å². The van der Waals surface area contributed by atoms with Crippen LogP contribution in [0.2, 0.25) is 10.0 Å². The molecule has 2 heterocycles. The van der Waals surface area contributed by atoms with E-state index in [0.717, 1.165) is 5.56 Å². The number of halogens is 2. The van der Waals surface area contributed by atoms with Gasteiger partial charge in [0.1, 0.15) is 11.7 Å². The van der Waals surface area contributed by atoms with E-state index in [-0.39, 0.29) is 5.91 Å². The first-order valence-electron chi connectivity index (χ1n) is 9.45. The summed E-state index contributed by atoms with van der Waals surface area (Å²) >= 11 is 17.8. The number of benzene rings is 2. The highest BCUT2D eigenvalue weighted by atomic mass is 35.5. The number of hydrogen-bond acceptors (Lipinski definition) is 4. The molecule has 0 aromatic heterocycles. The van der Waals surface area contributed by atoms with E-state index in [9.17, 15) is 4.79 Å². The molecular weight excluding hydrogens is 445 g/mol. The fourth-order valence-corrected chi connectivity index (χ4v) is 4.79. The Labute approximate surface area is 190 Å². The zero-order valence-electron chi connectivity index (χ0n) is 16.4. The van der Waals surface area contributed by atoms with Gasteiger partial charge < -0.3 is 25.0 Å². The molecule has 3 unspecified atom stereocenters. The van der Waals surface area contributed by atoms with E-state index >= 15 is 0 Å². The zero-order chi connectivity index (χ0) is 21.5. The smallest absolute Gasteiger partial charge is 0.236 e. The van der Waals surface area contributed by atoms with Gasteiger partial charge in [-0.3, -0.25) is 4.79 Å². The fraction of sp³-hybridized carbons (Fsp3) is 0.333. The zero-order valence-corrected chi connectivity index (χ0v) is 18.8. The maximum absolute atomic E-state index is 13.5. The normalized spacial score (nSPS) is 24.5. The Morgan fingerprint density at radius 1 is 1.27 bits per heavy atom. The van der Waals surface area contributed by atoms with Crippen LogP contribution < -0.4 is 15.4 Å². The van der Waals surface area contributed by atoms with Crippen LogP contribution in [0.15, 0.2) is 42.5 Å². The van der Waals surface area contributed by atoms with Crippen molar-refractivity contribution in [1.82, 2.24) is 10.2 Å². The lowest BCUT2D eigenvalue weighted by atomic mass is 9.79. The van der Waals surface area contributed by atoms with Gasteiger partial charge in [-0.1, -0.05) is 23.2 Å². The molecule has 2 aromatic carbocycles. The van der Waals surface area contributed by atoms with E-state index in [1.54, 1.807) is 37.4 Å². The predicted octanol–water partition coefficient (Wildman–Crippen LogP) is 4.23.